The Bertz CT molecular complexity index is 540. The number of nitrogens with two attached hydrogens (primary N) is 1. The topological polar surface area (TPSA) is 35.2 Å². The van der Waals surface area contributed by atoms with Crippen LogP contribution in [0.15, 0.2) is 47.4 Å². The number of para-hydroxylation sites is 1. The molecule has 2 N–H and O–H groups in total. The Hall–Kier alpha value is -1.45. The van der Waals surface area contributed by atoms with Crippen LogP contribution in [0.25, 0.3) is 0 Å². The fourth-order valence-electron chi connectivity index (χ4n) is 1.77. The third-order valence-corrected chi connectivity index (χ3v) is 3.54. The Morgan fingerprint density at radius 1 is 1.11 bits per heavy atom. The number of hydrogen-bond acceptors (Lipinski definition) is 3. The van der Waals surface area contributed by atoms with Crippen molar-refractivity contribution >= 4 is 11.8 Å². The van der Waals surface area contributed by atoms with Crippen molar-refractivity contribution in [3.05, 3.63) is 53.6 Å². The lowest BCUT2D eigenvalue weighted by Crippen LogP contribution is -1.97. The van der Waals surface area contributed by atoms with Gasteiger partial charge in [0.25, 0.3) is 0 Å². The monoisotopic (exact) mass is 259 g/mol. The maximum Gasteiger partial charge on any atom is 0.140 e. The summed E-state index contributed by atoms with van der Waals surface area (Å²) in [5, 5.41) is 0. The molecule has 0 unspecified atom stereocenters. The van der Waals surface area contributed by atoms with Crippen LogP contribution < -0.4 is 10.5 Å². The number of ether oxygens (including phenoxy) is 1. The SMILES string of the molecule is CSc1ccccc1Oc1ccc(CN)cc1C. The Labute approximate surface area is 112 Å². The first kappa shape index (κ1) is 13.0. The minimum atomic E-state index is 0.558. The molecule has 94 valence electrons. The van der Waals surface area contributed by atoms with Crippen molar-refractivity contribution in [2.75, 3.05) is 6.26 Å². The molecule has 0 aliphatic rings. The second-order valence-electron chi connectivity index (χ2n) is 4.06. The van der Waals surface area contributed by atoms with E-state index in [2.05, 4.69) is 12.1 Å². The van der Waals surface area contributed by atoms with Crippen molar-refractivity contribution < 1.29 is 4.74 Å². The van der Waals surface area contributed by atoms with Crippen LogP contribution in [-0.2, 0) is 6.54 Å². The molecule has 0 aliphatic carbocycles. The fraction of sp³-hybridized carbons (Fsp3) is 0.200. The molecule has 2 rings (SSSR count). The van der Waals surface area contributed by atoms with E-state index in [1.165, 1.54) is 0 Å². The number of hydrogen-bond donors (Lipinski definition) is 1. The standard InChI is InChI=1S/C15H17NOS/c1-11-9-12(10-16)7-8-13(11)17-14-5-3-4-6-15(14)18-2/h3-9H,10,16H2,1-2H3. The molecule has 0 fully saturated rings. The molecule has 0 saturated heterocycles. The highest BCUT2D eigenvalue weighted by Crippen LogP contribution is 2.32. The van der Waals surface area contributed by atoms with Gasteiger partial charge in [0.05, 0.1) is 0 Å². The van der Waals surface area contributed by atoms with Crippen LogP contribution in [0.5, 0.6) is 11.5 Å². The minimum absolute atomic E-state index is 0.558. The van der Waals surface area contributed by atoms with E-state index in [1.807, 2.05) is 43.5 Å². The first-order valence-electron chi connectivity index (χ1n) is 5.85. The molecule has 2 aromatic carbocycles. The fourth-order valence-corrected chi connectivity index (χ4v) is 2.30. The summed E-state index contributed by atoms with van der Waals surface area (Å²) in [6.45, 7) is 2.60. The van der Waals surface area contributed by atoms with Gasteiger partial charge in [-0.15, -0.1) is 11.8 Å². The summed E-state index contributed by atoms with van der Waals surface area (Å²) in [6.07, 6.45) is 2.05. The van der Waals surface area contributed by atoms with Gasteiger partial charge in [0.1, 0.15) is 11.5 Å². The molecule has 0 atom stereocenters. The van der Waals surface area contributed by atoms with E-state index < -0.39 is 0 Å². The first-order valence-corrected chi connectivity index (χ1v) is 7.07. The third kappa shape index (κ3) is 2.86. The van der Waals surface area contributed by atoms with Gasteiger partial charge in [-0.25, -0.2) is 0 Å². The molecule has 18 heavy (non-hydrogen) atoms. The zero-order valence-corrected chi connectivity index (χ0v) is 11.5. The highest BCUT2D eigenvalue weighted by Gasteiger charge is 2.06. The summed E-state index contributed by atoms with van der Waals surface area (Å²) < 4.78 is 5.97. The van der Waals surface area contributed by atoms with Crippen LogP contribution in [0.3, 0.4) is 0 Å². The van der Waals surface area contributed by atoms with Gasteiger partial charge in [-0.1, -0.05) is 24.3 Å². The van der Waals surface area contributed by atoms with E-state index in [4.69, 9.17) is 10.5 Å². The van der Waals surface area contributed by atoms with Gasteiger partial charge in [0.15, 0.2) is 0 Å². The molecule has 0 bridgehead atoms. The number of benzene rings is 2. The zero-order valence-electron chi connectivity index (χ0n) is 10.6. The van der Waals surface area contributed by atoms with Crippen molar-refractivity contribution in [1.82, 2.24) is 0 Å². The second-order valence-corrected chi connectivity index (χ2v) is 4.90. The van der Waals surface area contributed by atoms with E-state index in [0.717, 1.165) is 27.5 Å². The molecule has 2 aromatic rings. The molecule has 2 nitrogen and oxygen atoms in total. The van der Waals surface area contributed by atoms with Crippen LogP contribution in [0, 0.1) is 6.92 Å². The van der Waals surface area contributed by atoms with Gasteiger partial charge in [-0.05, 0) is 42.5 Å². The van der Waals surface area contributed by atoms with Crippen molar-refractivity contribution in [2.45, 2.75) is 18.4 Å². The van der Waals surface area contributed by atoms with E-state index in [9.17, 15) is 0 Å². The van der Waals surface area contributed by atoms with Gasteiger partial charge >= 0.3 is 0 Å². The predicted octanol–water partition coefficient (Wildman–Crippen LogP) is 3.97. The van der Waals surface area contributed by atoms with Crippen molar-refractivity contribution in [1.29, 1.82) is 0 Å². The Morgan fingerprint density at radius 3 is 2.56 bits per heavy atom. The van der Waals surface area contributed by atoms with Crippen molar-refractivity contribution in [2.24, 2.45) is 5.73 Å². The lowest BCUT2D eigenvalue weighted by atomic mass is 10.1. The molecule has 0 radical (unpaired) electrons. The summed E-state index contributed by atoms with van der Waals surface area (Å²) in [4.78, 5) is 1.14. The summed E-state index contributed by atoms with van der Waals surface area (Å²) in [5.41, 5.74) is 7.85. The molecular formula is C15H17NOS. The highest BCUT2D eigenvalue weighted by atomic mass is 32.2. The van der Waals surface area contributed by atoms with Crippen LogP contribution in [0.1, 0.15) is 11.1 Å². The van der Waals surface area contributed by atoms with Crippen molar-refractivity contribution in [3.63, 3.8) is 0 Å². The quantitative estimate of drug-likeness (QED) is 0.844. The Balaban J connectivity index is 2.28. The normalized spacial score (nSPS) is 10.4. The summed E-state index contributed by atoms with van der Waals surface area (Å²) in [7, 11) is 0. The molecule has 0 aliphatic heterocycles. The van der Waals surface area contributed by atoms with Crippen LogP contribution >= 0.6 is 11.8 Å². The van der Waals surface area contributed by atoms with E-state index in [1.54, 1.807) is 11.8 Å². The summed E-state index contributed by atoms with van der Waals surface area (Å²) in [6, 6.07) is 14.1. The lowest BCUT2D eigenvalue weighted by Gasteiger charge is -2.12. The third-order valence-electron chi connectivity index (χ3n) is 2.76. The van der Waals surface area contributed by atoms with E-state index in [-0.39, 0.29) is 0 Å². The number of aryl methyl sites for hydroxylation is 1. The largest absolute Gasteiger partial charge is 0.456 e. The van der Waals surface area contributed by atoms with E-state index >= 15 is 0 Å². The lowest BCUT2D eigenvalue weighted by molar-refractivity contribution is 0.467. The van der Waals surface area contributed by atoms with Crippen LogP contribution in [0.4, 0.5) is 0 Å². The Kier molecular flexibility index (Phi) is 4.28. The summed E-state index contributed by atoms with van der Waals surface area (Å²) >= 11 is 1.68. The van der Waals surface area contributed by atoms with Crippen molar-refractivity contribution in [3.8, 4) is 11.5 Å². The Morgan fingerprint density at radius 2 is 1.89 bits per heavy atom. The zero-order chi connectivity index (χ0) is 13.0. The van der Waals surface area contributed by atoms with E-state index in [0.29, 0.717) is 6.54 Å². The molecular weight excluding hydrogens is 242 g/mol. The van der Waals surface area contributed by atoms with Crippen LogP contribution in [0.2, 0.25) is 0 Å². The molecule has 0 spiro atoms. The summed E-state index contributed by atoms with van der Waals surface area (Å²) in [5.74, 6) is 1.78. The molecule has 3 heteroatoms. The van der Waals surface area contributed by atoms with Gasteiger partial charge in [-0.3, -0.25) is 0 Å². The smallest absolute Gasteiger partial charge is 0.140 e. The maximum absolute atomic E-state index is 5.97. The highest BCUT2D eigenvalue weighted by molar-refractivity contribution is 7.98. The van der Waals surface area contributed by atoms with Gasteiger partial charge in [-0.2, -0.15) is 0 Å². The molecule has 0 aromatic heterocycles. The number of rotatable bonds is 4. The average molecular weight is 259 g/mol. The second kappa shape index (κ2) is 5.94. The first-order chi connectivity index (χ1) is 8.74. The minimum Gasteiger partial charge on any atom is -0.456 e. The molecule has 0 heterocycles. The molecule has 0 amide bonds. The van der Waals surface area contributed by atoms with Gasteiger partial charge in [0, 0.05) is 11.4 Å². The van der Waals surface area contributed by atoms with Gasteiger partial charge in [0.2, 0.25) is 0 Å². The van der Waals surface area contributed by atoms with Gasteiger partial charge < -0.3 is 10.5 Å². The predicted molar refractivity (Wildman–Crippen MR) is 77.4 cm³/mol. The average Bonchev–Trinajstić information content (AvgIpc) is 2.41. The van der Waals surface area contributed by atoms with Crippen LogP contribution in [-0.4, -0.2) is 6.26 Å². The molecule has 0 saturated carbocycles. The number of thioether (sulfide) groups is 1. The maximum atomic E-state index is 5.97.